The number of ether oxygens (including phenoxy) is 1. The molecule has 9 heavy (non-hydrogen) atoms. The van der Waals surface area contributed by atoms with Crippen molar-refractivity contribution in [2.24, 2.45) is 0 Å². The van der Waals surface area contributed by atoms with E-state index in [9.17, 15) is 9.90 Å². The Kier molecular flexibility index (Phi) is 4.00. The predicted molar refractivity (Wildman–Crippen MR) is 30.2 cm³/mol. The molecular formula is C5H10NO3. The second-order valence-corrected chi connectivity index (χ2v) is 1.46. The van der Waals surface area contributed by atoms with Crippen LogP contribution in [-0.4, -0.2) is 25.9 Å². The van der Waals surface area contributed by atoms with Gasteiger partial charge in [0.2, 0.25) is 0 Å². The van der Waals surface area contributed by atoms with E-state index in [1.165, 1.54) is 7.11 Å². The zero-order valence-electron chi connectivity index (χ0n) is 5.51. The molecule has 4 heteroatoms. The summed E-state index contributed by atoms with van der Waals surface area (Å²) >= 11 is 0. The summed E-state index contributed by atoms with van der Waals surface area (Å²) in [7, 11) is 1.20. The van der Waals surface area contributed by atoms with Crippen LogP contribution in [0.25, 0.3) is 0 Å². The van der Waals surface area contributed by atoms with Gasteiger partial charge in [0.1, 0.15) is 0 Å². The number of amides is 1. The van der Waals surface area contributed by atoms with Crippen molar-refractivity contribution in [2.45, 2.75) is 13.2 Å². The minimum absolute atomic E-state index is 0.459. The Labute approximate surface area is 53.8 Å². The number of hydrogen-bond acceptors (Lipinski definition) is 2. The van der Waals surface area contributed by atoms with Gasteiger partial charge in [-0.1, -0.05) is 0 Å². The molecule has 1 amide bonds. The van der Waals surface area contributed by atoms with Crippen LogP contribution in [0.4, 0.5) is 0 Å². The van der Waals surface area contributed by atoms with E-state index in [1.807, 2.05) is 0 Å². The Morgan fingerprint density at radius 3 is 2.67 bits per heavy atom. The minimum Gasteiger partial charge on any atom is -0.352 e. The topological polar surface area (TPSA) is 58.2 Å². The molecule has 0 aromatic rings. The van der Waals surface area contributed by atoms with E-state index in [2.05, 4.69) is 10.1 Å². The number of rotatable bonds is 3. The summed E-state index contributed by atoms with van der Waals surface area (Å²) < 4.78 is 4.20. The van der Waals surface area contributed by atoms with Gasteiger partial charge < -0.3 is 10.1 Å². The third kappa shape index (κ3) is 3.05. The Morgan fingerprint density at radius 2 is 2.33 bits per heavy atom. The summed E-state index contributed by atoms with van der Waals surface area (Å²) in [4.78, 5) is 10.4. The van der Waals surface area contributed by atoms with Gasteiger partial charge >= 0.3 is 0 Å². The maximum absolute atomic E-state index is 10.4. The summed E-state index contributed by atoms with van der Waals surface area (Å²) in [5, 5.41) is 12.7. The summed E-state index contributed by atoms with van der Waals surface area (Å²) in [5.41, 5.74) is 0. The van der Waals surface area contributed by atoms with Crippen LogP contribution in [0.5, 0.6) is 0 Å². The van der Waals surface area contributed by atoms with Crippen molar-refractivity contribution in [2.75, 3.05) is 13.7 Å². The fraction of sp³-hybridized carbons (Fsp3) is 0.800. The van der Waals surface area contributed by atoms with E-state index in [0.29, 0.717) is 6.54 Å². The number of methoxy groups -OCH3 is 1. The zero-order chi connectivity index (χ0) is 7.28. The molecule has 0 bridgehead atoms. The van der Waals surface area contributed by atoms with E-state index in [-0.39, 0.29) is 0 Å². The summed E-state index contributed by atoms with van der Waals surface area (Å²) in [6, 6.07) is 0. The van der Waals surface area contributed by atoms with Gasteiger partial charge in [-0.2, -0.15) is 5.11 Å². The molecular weight excluding hydrogens is 122 g/mol. The highest BCUT2D eigenvalue weighted by Gasteiger charge is 2.12. The Bertz CT molecular complexity index is 94.2. The van der Waals surface area contributed by atoms with Gasteiger partial charge in [0, 0.05) is 13.7 Å². The lowest BCUT2D eigenvalue weighted by molar-refractivity contribution is -0.164. The average molecular weight is 132 g/mol. The molecule has 1 radical (unpaired) electrons. The molecule has 4 nitrogen and oxygen atoms in total. The molecule has 0 rings (SSSR count). The van der Waals surface area contributed by atoms with Crippen LogP contribution in [0.15, 0.2) is 0 Å². The van der Waals surface area contributed by atoms with E-state index in [4.69, 9.17) is 0 Å². The first-order chi connectivity index (χ1) is 4.22. The van der Waals surface area contributed by atoms with Crippen LogP contribution in [-0.2, 0) is 14.6 Å². The van der Waals surface area contributed by atoms with Gasteiger partial charge in [0.15, 0.2) is 0 Å². The number of carbonyl (C=O) groups excluding carboxylic acids is 1. The first-order valence-electron chi connectivity index (χ1n) is 2.68. The van der Waals surface area contributed by atoms with E-state index < -0.39 is 12.2 Å². The third-order valence-electron chi connectivity index (χ3n) is 0.779. The second-order valence-electron chi connectivity index (χ2n) is 1.46. The van der Waals surface area contributed by atoms with Crippen molar-refractivity contribution < 1.29 is 14.6 Å². The van der Waals surface area contributed by atoms with Gasteiger partial charge in [-0.3, -0.25) is 4.79 Å². The minimum atomic E-state index is -1.58. The highest BCUT2D eigenvalue weighted by Crippen LogP contribution is 1.82. The van der Waals surface area contributed by atoms with Gasteiger partial charge in [-0.05, 0) is 6.92 Å². The molecule has 1 unspecified atom stereocenters. The Hall–Kier alpha value is -0.610. The molecule has 0 aliphatic heterocycles. The fourth-order valence-electron chi connectivity index (χ4n) is 0.365. The van der Waals surface area contributed by atoms with E-state index in [1.54, 1.807) is 6.92 Å². The lowest BCUT2D eigenvalue weighted by Gasteiger charge is -2.03. The second kappa shape index (κ2) is 4.29. The van der Waals surface area contributed by atoms with Crippen molar-refractivity contribution in [3.63, 3.8) is 0 Å². The molecule has 0 aromatic carbocycles. The van der Waals surface area contributed by atoms with Gasteiger partial charge in [0.25, 0.3) is 12.2 Å². The number of likely N-dealkylation sites (N-methyl/N-ethyl adjacent to an activating group) is 1. The van der Waals surface area contributed by atoms with Gasteiger partial charge in [-0.25, -0.2) is 0 Å². The maximum atomic E-state index is 10.4. The van der Waals surface area contributed by atoms with Crippen LogP contribution in [0.1, 0.15) is 6.92 Å². The Balaban J connectivity index is 3.46. The lowest BCUT2D eigenvalue weighted by atomic mass is 10.5. The average Bonchev–Trinajstić information content (AvgIpc) is 1.87. The molecule has 1 N–H and O–H groups in total. The smallest absolute Gasteiger partial charge is 0.280 e. The predicted octanol–water partition coefficient (Wildman–Crippen LogP) is -0.475. The maximum Gasteiger partial charge on any atom is 0.280 e. The summed E-state index contributed by atoms with van der Waals surface area (Å²) in [5.74, 6) is -0.611. The number of nitrogens with one attached hydrogen (secondary N) is 1. The SMILES string of the molecule is CCNC(=O)C([O])OC. The van der Waals surface area contributed by atoms with Crippen molar-refractivity contribution in [3.8, 4) is 0 Å². The number of carbonyl (C=O) groups is 1. The quantitative estimate of drug-likeness (QED) is 0.527. The molecule has 0 heterocycles. The third-order valence-corrected chi connectivity index (χ3v) is 0.779. The fourth-order valence-corrected chi connectivity index (χ4v) is 0.365. The summed E-state index contributed by atoms with van der Waals surface area (Å²) in [6.45, 7) is 2.20. The van der Waals surface area contributed by atoms with Crippen molar-refractivity contribution in [1.29, 1.82) is 0 Å². The molecule has 53 valence electrons. The summed E-state index contributed by atoms with van der Waals surface area (Å²) in [6.07, 6.45) is -1.58. The van der Waals surface area contributed by atoms with Crippen LogP contribution >= 0.6 is 0 Å². The highest BCUT2D eigenvalue weighted by molar-refractivity contribution is 5.78. The van der Waals surface area contributed by atoms with Gasteiger partial charge in [0.05, 0.1) is 0 Å². The molecule has 0 aliphatic rings. The Morgan fingerprint density at radius 1 is 1.78 bits per heavy atom. The van der Waals surface area contributed by atoms with Crippen molar-refractivity contribution >= 4 is 5.91 Å². The normalized spacial score (nSPS) is 12.8. The molecule has 0 saturated heterocycles. The largest absolute Gasteiger partial charge is 0.352 e. The monoisotopic (exact) mass is 132 g/mol. The molecule has 0 saturated carbocycles. The molecule has 0 spiro atoms. The molecule has 0 fully saturated rings. The molecule has 0 aromatic heterocycles. The van der Waals surface area contributed by atoms with E-state index in [0.717, 1.165) is 0 Å². The molecule has 0 aliphatic carbocycles. The first kappa shape index (κ1) is 8.39. The van der Waals surface area contributed by atoms with Crippen LogP contribution < -0.4 is 5.32 Å². The first-order valence-corrected chi connectivity index (χ1v) is 2.68. The van der Waals surface area contributed by atoms with Crippen LogP contribution in [0.2, 0.25) is 0 Å². The standard InChI is InChI=1S/C5H10NO3/c1-3-6-4(7)5(8)9-2/h5H,3H2,1-2H3,(H,6,7). The highest BCUT2D eigenvalue weighted by atomic mass is 16.6. The van der Waals surface area contributed by atoms with Gasteiger partial charge in [-0.15, -0.1) is 0 Å². The van der Waals surface area contributed by atoms with Crippen LogP contribution in [0, 0.1) is 0 Å². The molecule has 1 atom stereocenters. The van der Waals surface area contributed by atoms with E-state index >= 15 is 0 Å². The van der Waals surface area contributed by atoms with Crippen molar-refractivity contribution in [1.82, 2.24) is 5.32 Å². The zero-order valence-corrected chi connectivity index (χ0v) is 5.51. The number of hydrogen-bond donors (Lipinski definition) is 1. The lowest BCUT2D eigenvalue weighted by Crippen LogP contribution is -2.34. The van der Waals surface area contributed by atoms with Crippen LogP contribution in [0.3, 0.4) is 0 Å². The van der Waals surface area contributed by atoms with Crippen molar-refractivity contribution in [3.05, 3.63) is 0 Å².